The summed E-state index contributed by atoms with van der Waals surface area (Å²) in [6, 6.07) is 33.7. The number of amides is 6. The largest absolute Gasteiger partial charge is 0.454 e. The maximum atomic E-state index is 13.9. The number of rotatable bonds is 15. The van der Waals surface area contributed by atoms with Crippen LogP contribution in [0.15, 0.2) is 153 Å². The molecule has 0 radical (unpaired) electrons. The minimum Gasteiger partial charge on any atom is -0.454 e. The zero-order valence-electron chi connectivity index (χ0n) is 52.8. The summed E-state index contributed by atoms with van der Waals surface area (Å²) >= 11 is 12.2. The topological polar surface area (TPSA) is 307 Å². The van der Waals surface area contributed by atoms with Crippen molar-refractivity contribution in [1.29, 1.82) is 0 Å². The van der Waals surface area contributed by atoms with Crippen LogP contribution in [-0.2, 0) is 14.4 Å². The first-order valence-corrected chi connectivity index (χ1v) is 31.6. The number of carbonyl (C=O) groups is 6. The van der Waals surface area contributed by atoms with E-state index in [-0.39, 0.29) is 70.0 Å². The fourth-order valence-corrected chi connectivity index (χ4v) is 12.6. The Morgan fingerprint density at radius 3 is 1.57 bits per heavy atom. The molecule has 4 aliphatic heterocycles. The molecule has 6 aromatic carbocycles. The van der Waals surface area contributed by atoms with Crippen molar-refractivity contribution >= 4 is 87.5 Å². The molecule has 0 saturated carbocycles. The van der Waals surface area contributed by atoms with E-state index in [1.807, 2.05) is 42.5 Å². The normalized spacial score (nSPS) is 15.6. The van der Waals surface area contributed by atoms with E-state index in [9.17, 15) is 41.9 Å². The number of carbonyl (C=O) groups excluding carboxylic acids is 6. The zero-order chi connectivity index (χ0) is 69.6. The molecule has 6 amide bonds. The summed E-state index contributed by atoms with van der Waals surface area (Å²) in [5.74, 6) is 2.67. The lowest BCUT2D eigenvalue weighted by Gasteiger charge is -2.44. The Hall–Kier alpha value is -11.6. The average Bonchev–Trinajstić information content (AvgIpc) is 1.73. The van der Waals surface area contributed by atoms with Gasteiger partial charge in [-0.2, -0.15) is 15.3 Å². The number of para-hydroxylation sites is 2. The molecule has 1 saturated heterocycles. The van der Waals surface area contributed by atoms with Crippen molar-refractivity contribution < 1.29 is 46.7 Å². The molecule has 11 N–H and O–H groups in total. The Morgan fingerprint density at radius 1 is 0.592 bits per heavy atom. The first kappa shape index (κ1) is 67.8. The minimum atomic E-state index is -0.813. The Labute approximate surface area is 570 Å². The summed E-state index contributed by atoms with van der Waals surface area (Å²) in [5.41, 5.74) is 24.5. The maximum absolute atomic E-state index is 13.9. The van der Waals surface area contributed by atoms with Gasteiger partial charge in [-0.15, -0.1) is 0 Å². The predicted molar refractivity (Wildman–Crippen MR) is 368 cm³/mol. The van der Waals surface area contributed by atoms with E-state index in [0.717, 1.165) is 29.7 Å². The molecule has 0 spiro atoms. The minimum absolute atomic E-state index is 0.00389. The van der Waals surface area contributed by atoms with Crippen molar-refractivity contribution in [3.63, 3.8) is 0 Å². The quantitative estimate of drug-likeness (QED) is 0.0350. The summed E-state index contributed by atoms with van der Waals surface area (Å²) in [5, 5.41) is 30.3. The SMILES string of the molecule is C=CC(=O)Nc1ccccc1C1CCNc2c(C(N)=O)c(-c3ccc(Cl)c(Cl)c3)nn21.C=CC(=O)Nc1ccccc1C1CCNc2c(C(N)=O)c(-c3ccc(F)c(C)c3)nn21.CC#CC(=O)N1CC(C2CCNc3c(C(N)=O)c(-c4ccc(Oc5ccc(F)cc5F)cc4)nn32)C1. The highest BCUT2D eigenvalue weighted by molar-refractivity contribution is 6.42. The van der Waals surface area contributed by atoms with Gasteiger partial charge in [-0.05, 0) is 136 Å². The number of primary amides is 3. The smallest absolute Gasteiger partial charge is 0.298 e. The number of aromatic nitrogens is 6. The lowest BCUT2D eigenvalue weighted by Crippen LogP contribution is -2.53. The first-order chi connectivity index (χ1) is 47.2. The lowest BCUT2D eigenvalue weighted by molar-refractivity contribution is -0.132. The van der Waals surface area contributed by atoms with E-state index in [4.69, 9.17) is 60.4 Å². The Bertz CT molecular complexity index is 4560. The van der Waals surface area contributed by atoms with Crippen molar-refractivity contribution in [3.05, 3.63) is 214 Å². The van der Waals surface area contributed by atoms with Gasteiger partial charge in [0.25, 0.3) is 23.6 Å². The highest BCUT2D eigenvalue weighted by Gasteiger charge is 2.41. The number of hydrogen-bond donors (Lipinski definition) is 8. The van der Waals surface area contributed by atoms with E-state index >= 15 is 0 Å². The monoisotopic (exact) mass is 1370 g/mol. The van der Waals surface area contributed by atoms with Crippen LogP contribution in [0.3, 0.4) is 0 Å². The van der Waals surface area contributed by atoms with E-state index < -0.39 is 29.4 Å². The van der Waals surface area contributed by atoms with Gasteiger partial charge in [-0.3, -0.25) is 28.8 Å². The molecule has 98 heavy (non-hydrogen) atoms. The van der Waals surface area contributed by atoms with Crippen molar-refractivity contribution in [2.45, 2.75) is 51.2 Å². The third kappa shape index (κ3) is 14.0. The number of benzene rings is 6. The molecular weight excluding hydrogens is 1300 g/mol. The van der Waals surface area contributed by atoms with Crippen molar-refractivity contribution in [1.82, 2.24) is 34.2 Å². The number of aryl methyl sites for hydroxylation is 1. The molecular formula is C71H64Cl2F3N15O7. The molecule has 22 nitrogen and oxygen atoms in total. The molecule has 9 aromatic rings. The zero-order valence-corrected chi connectivity index (χ0v) is 54.3. The molecule has 0 aliphatic carbocycles. The number of nitrogens with one attached hydrogen (secondary N) is 5. The standard InChI is InChI=1S/C26H23F2N5O3.C23H22FN5O2.C22H19Cl2N5O2/c1-2-3-22(34)32-13-16(14-32)20-10-11-30-26-23(25(29)35)24(31-33(20)26)15-4-7-18(8-5-15)36-21-9-6-17(27)12-19(21)28;1-3-19(30)27-17-7-5-4-6-15(17)18-10-11-26-23-20(22(25)31)21(28-29(18)23)14-8-9-16(24)13(2)12-14;1-2-18(30)27-16-6-4-3-5-13(16)17-9-10-26-22-19(21(25)31)20(28-29(17)22)12-7-8-14(23)15(24)11-12/h4-9,12,16,20,30H,10-11,13-14H2,1H3,(H2,29,35);3-9,12,18,26H,1,10-11H2,2H3,(H2,25,31)(H,27,30);2-8,11,17,26H,1,9-10H2,(H2,25,31)(H,27,30). The van der Waals surface area contributed by atoms with Crippen molar-refractivity contribution in [3.8, 4) is 57.1 Å². The van der Waals surface area contributed by atoms with Gasteiger partial charge in [-0.1, -0.05) is 84.7 Å². The van der Waals surface area contributed by atoms with Gasteiger partial charge in [0.15, 0.2) is 11.6 Å². The number of nitrogens with two attached hydrogens (primary N) is 3. The van der Waals surface area contributed by atoms with Crippen LogP contribution in [-0.4, -0.2) is 102 Å². The molecule has 4 aliphatic rings. The highest BCUT2D eigenvalue weighted by Crippen LogP contribution is 2.44. The van der Waals surface area contributed by atoms with Gasteiger partial charge >= 0.3 is 0 Å². The second kappa shape index (κ2) is 29.2. The summed E-state index contributed by atoms with van der Waals surface area (Å²) < 4.78 is 51.6. The van der Waals surface area contributed by atoms with Gasteiger partial charge in [0, 0.05) is 83.9 Å². The average molecular weight is 1370 g/mol. The molecule has 3 unspecified atom stereocenters. The fraction of sp³-hybridized carbons (Fsp3) is 0.197. The molecule has 27 heteroatoms. The number of ether oxygens (including phenoxy) is 1. The second-order valence-corrected chi connectivity index (χ2v) is 23.9. The van der Waals surface area contributed by atoms with Crippen molar-refractivity contribution in [2.24, 2.45) is 23.1 Å². The number of halogens is 5. The summed E-state index contributed by atoms with van der Waals surface area (Å²) in [4.78, 5) is 74.7. The predicted octanol–water partition coefficient (Wildman–Crippen LogP) is 11.7. The Balaban J connectivity index is 0.000000149. The van der Waals surface area contributed by atoms with Gasteiger partial charge < -0.3 is 53.4 Å². The van der Waals surface area contributed by atoms with Crippen LogP contribution in [0.2, 0.25) is 10.0 Å². The lowest BCUT2D eigenvalue weighted by atomic mass is 9.88. The van der Waals surface area contributed by atoms with Crippen molar-refractivity contribution in [2.75, 3.05) is 59.3 Å². The van der Waals surface area contributed by atoms with Crippen LogP contribution in [0, 0.1) is 42.1 Å². The third-order valence-electron chi connectivity index (χ3n) is 16.9. The second-order valence-electron chi connectivity index (χ2n) is 23.1. The third-order valence-corrected chi connectivity index (χ3v) is 17.6. The van der Waals surface area contributed by atoms with Gasteiger partial charge in [0.1, 0.15) is 68.6 Å². The van der Waals surface area contributed by atoms with Crippen LogP contribution < -0.4 is 48.5 Å². The van der Waals surface area contributed by atoms with Gasteiger partial charge in [-0.25, -0.2) is 27.2 Å². The van der Waals surface area contributed by atoms with Crippen LogP contribution >= 0.6 is 23.2 Å². The summed E-state index contributed by atoms with van der Waals surface area (Å²) in [6.07, 6.45) is 4.57. The highest BCUT2D eigenvalue weighted by atomic mass is 35.5. The number of likely N-dealkylation sites (tertiary alicyclic amines) is 1. The van der Waals surface area contributed by atoms with E-state index in [2.05, 4.69) is 51.6 Å². The maximum Gasteiger partial charge on any atom is 0.298 e. The van der Waals surface area contributed by atoms with E-state index in [1.165, 1.54) is 24.3 Å². The first-order valence-electron chi connectivity index (χ1n) is 30.9. The van der Waals surface area contributed by atoms with Crippen LogP contribution in [0.4, 0.5) is 42.0 Å². The van der Waals surface area contributed by atoms with E-state index in [1.54, 1.807) is 93.5 Å². The molecule has 500 valence electrons. The molecule has 13 rings (SSSR count). The van der Waals surface area contributed by atoms with Crippen LogP contribution in [0.1, 0.15) is 92.1 Å². The Morgan fingerprint density at radius 2 is 1.07 bits per heavy atom. The number of hydrogen-bond acceptors (Lipinski definition) is 13. The number of fused-ring (bicyclic) bond motifs is 3. The molecule has 1 fully saturated rings. The molecule has 3 atom stereocenters. The van der Waals surface area contributed by atoms with Gasteiger partial charge in [0.05, 0.1) is 28.2 Å². The molecule has 3 aromatic heterocycles. The van der Waals surface area contributed by atoms with Gasteiger partial charge in [0.2, 0.25) is 11.8 Å². The summed E-state index contributed by atoms with van der Waals surface area (Å²) in [6.45, 7) is 13.3. The van der Waals surface area contributed by atoms with Crippen LogP contribution in [0.25, 0.3) is 33.8 Å². The molecule has 0 bridgehead atoms. The number of nitrogens with zero attached hydrogens (tertiary/aromatic N) is 7. The molecule has 7 heterocycles. The fourth-order valence-electron chi connectivity index (χ4n) is 12.3. The summed E-state index contributed by atoms with van der Waals surface area (Å²) in [7, 11) is 0. The Kier molecular flexibility index (Phi) is 20.2. The van der Waals surface area contributed by atoms with Crippen LogP contribution in [0.5, 0.6) is 11.5 Å². The number of anilines is 5. The van der Waals surface area contributed by atoms with E-state index in [0.29, 0.717) is 130 Å².